The molecule has 0 amide bonds. The summed E-state index contributed by atoms with van der Waals surface area (Å²) in [6, 6.07) is 5.88. The van der Waals surface area contributed by atoms with E-state index in [1.807, 2.05) is 4.72 Å². The summed E-state index contributed by atoms with van der Waals surface area (Å²) in [5, 5.41) is 0. The molecule has 0 saturated heterocycles. The van der Waals surface area contributed by atoms with Gasteiger partial charge in [-0.2, -0.15) is 26.3 Å². The van der Waals surface area contributed by atoms with Gasteiger partial charge in [-0.25, -0.2) is 18.4 Å². The van der Waals surface area contributed by atoms with Crippen LogP contribution in [0, 0.1) is 0 Å². The zero-order valence-corrected chi connectivity index (χ0v) is 16.5. The molecular weight excluding hydrogens is 464 g/mol. The Bertz CT molecular complexity index is 947. The van der Waals surface area contributed by atoms with E-state index < -0.39 is 52.2 Å². The molecule has 1 aromatic heterocycles. The van der Waals surface area contributed by atoms with Crippen molar-refractivity contribution < 1.29 is 44.2 Å². The highest BCUT2D eigenvalue weighted by Gasteiger charge is 2.35. The number of halogens is 6. The Labute approximate surface area is 170 Å². The van der Waals surface area contributed by atoms with E-state index in [-0.39, 0.29) is 5.69 Å². The molecule has 15 heteroatoms. The Balaban J connectivity index is 2.48. The molecule has 0 spiro atoms. The van der Waals surface area contributed by atoms with Gasteiger partial charge >= 0.3 is 12.4 Å². The van der Waals surface area contributed by atoms with Gasteiger partial charge in [0.2, 0.25) is 16.7 Å². The molecule has 0 unspecified atom stereocenters. The normalized spacial score (nSPS) is 12.5. The number of hydrogen-bond acceptors (Lipinski definition) is 7. The maximum Gasteiger partial charge on any atom is 0.422 e. The zero-order chi connectivity index (χ0) is 22.6. The van der Waals surface area contributed by atoms with Crippen LogP contribution in [0.15, 0.2) is 40.4 Å². The Morgan fingerprint density at radius 2 is 1.53 bits per heavy atom. The number of nitrogens with zero attached hydrogens (tertiary/aromatic N) is 2. The minimum atomic E-state index is -4.86. The molecule has 0 aliphatic heterocycles. The zero-order valence-electron chi connectivity index (χ0n) is 14.9. The van der Waals surface area contributed by atoms with E-state index in [0.717, 1.165) is 0 Å². The standard InChI is InChI=1S/C15H13F6N3O4S2/c1-29-10-4-2-3-9(5-10)24-30(25,26)11-12(27-6-14(16,17)18)22-8-23-13(11)28-7-15(19,20)21/h2-5,8,24H,6-7H2,1H3. The Kier molecular flexibility index (Phi) is 7.28. The molecule has 0 atom stereocenters. The predicted octanol–water partition coefficient (Wildman–Crippen LogP) is 3.88. The van der Waals surface area contributed by atoms with E-state index in [4.69, 9.17) is 0 Å². The van der Waals surface area contributed by atoms with Crippen molar-refractivity contribution in [2.75, 3.05) is 24.2 Å². The third-order valence-electron chi connectivity index (χ3n) is 3.07. The van der Waals surface area contributed by atoms with Crippen LogP contribution in [0.1, 0.15) is 0 Å². The number of anilines is 1. The first-order valence-electron chi connectivity index (χ1n) is 7.72. The fourth-order valence-corrected chi connectivity index (χ4v) is 3.65. The summed E-state index contributed by atoms with van der Waals surface area (Å²) in [6.07, 6.45) is -7.49. The molecule has 0 saturated carbocycles. The van der Waals surface area contributed by atoms with Crippen LogP contribution < -0.4 is 14.2 Å². The number of alkyl halides is 6. The minimum Gasteiger partial charge on any atom is -0.467 e. The van der Waals surface area contributed by atoms with E-state index in [9.17, 15) is 34.8 Å². The molecule has 1 aromatic carbocycles. The second-order valence-corrected chi connectivity index (χ2v) is 7.96. The molecular formula is C15H13F6N3O4S2. The summed E-state index contributed by atoms with van der Waals surface area (Å²) in [5.74, 6) is -2.24. The van der Waals surface area contributed by atoms with Crippen molar-refractivity contribution in [3.63, 3.8) is 0 Å². The summed E-state index contributed by atoms with van der Waals surface area (Å²) >= 11 is 1.27. The lowest BCUT2D eigenvalue weighted by Crippen LogP contribution is -2.24. The first-order chi connectivity index (χ1) is 13.8. The molecule has 0 aliphatic rings. The number of nitrogens with one attached hydrogen (secondary N) is 1. The summed E-state index contributed by atoms with van der Waals surface area (Å²) in [4.78, 5) is 6.06. The van der Waals surface area contributed by atoms with Gasteiger partial charge in [0.05, 0.1) is 0 Å². The first kappa shape index (κ1) is 23.9. The van der Waals surface area contributed by atoms with Gasteiger partial charge in [0.15, 0.2) is 13.2 Å². The molecule has 2 rings (SSSR count). The first-order valence-corrected chi connectivity index (χ1v) is 10.4. The Hall–Kier alpha value is -2.42. The van der Waals surface area contributed by atoms with Crippen molar-refractivity contribution in [1.82, 2.24) is 9.97 Å². The van der Waals surface area contributed by atoms with Crippen LogP contribution in [-0.4, -0.2) is 50.2 Å². The summed E-state index contributed by atoms with van der Waals surface area (Å²) in [6.45, 7) is -3.87. The van der Waals surface area contributed by atoms with Crippen LogP contribution in [0.3, 0.4) is 0 Å². The second-order valence-electron chi connectivity index (χ2n) is 5.46. The smallest absolute Gasteiger partial charge is 0.422 e. The largest absolute Gasteiger partial charge is 0.467 e. The fourth-order valence-electron chi connectivity index (χ4n) is 1.97. The fraction of sp³-hybridized carbons (Fsp3) is 0.333. The van der Waals surface area contributed by atoms with E-state index in [2.05, 4.69) is 19.4 Å². The summed E-state index contributed by atoms with van der Waals surface area (Å²) < 4.78 is 111. The Morgan fingerprint density at radius 1 is 1.00 bits per heavy atom. The van der Waals surface area contributed by atoms with Crippen LogP contribution in [0.4, 0.5) is 32.0 Å². The van der Waals surface area contributed by atoms with E-state index in [0.29, 0.717) is 11.2 Å². The summed E-state index contributed by atoms with van der Waals surface area (Å²) in [5.41, 5.74) is -0.00533. The predicted molar refractivity (Wildman–Crippen MR) is 94.2 cm³/mol. The van der Waals surface area contributed by atoms with Gasteiger partial charge in [-0.15, -0.1) is 11.8 Å². The van der Waals surface area contributed by atoms with Crippen LogP contribution in [-0.2, 0) is 10.0 Å². The molecule has 30 heavy (non-hydrogen) atoms. The maximum absolute atomic E-state index is 12.8. The van der Waals surface area contributed by atoms with Crippen molar-refractivity contribution >= 4 is 27.5 Å². The third-order valence-corrected chi connectivity index (χ3v) is 5.19. The number of benzene rings is 1. The molecule has 0 fully saturated rings. The maximum atomic E-state index is 12.8. The number of aromatic nitrogens is 2. The van der Waals surface area contributed by atoms with Crippen LogP contribution in [0.25, 0.3) is 0 Å². The third kappa shape index (κ3) is 7.12. The van der Waals surface area contributed by atoms with Gasteiger partial charge in [-0.05, 0) is 24.5 Å². The minimum absolute atomic E-state index is 0.00533. The number of thioether (sulfide) groups is 1. The average molecular weight is 477 g/mol. The summed E-state index contributed by atoms with van der Waals surface area (Å²) in [7, 11) is -4.80. The van der Waals surface area contributed by atoms with Crippen LogP contribution in [0.2, 0.25) is 0 Å². The molecule has 2 aromatic rings. The van der Waals surface area contributed by atoms with Gasteiger partial charge in [0.1, 0.15) is 6.33 Å². The van der Waals surface area contributed by atoms with Crippen molar-refractivity contribution in [3.05, 3.63) is 30.6 Å². The van der Waals surface area contributed by atoms with Gasteiger partial charge in [-0.3, -0.25) is 4.72 Å². The average Bonchev–Trinajstić information content (AvgIpc) is 2.63. The molecule has 1 N–H and O–H groups in total. The lowest BCUT2D eigenvalue weighted by atomic mass is 10.3. The molecule has 0 bridgehead atoms. The van der Waals surface area contributed by atoms with Gasteiger partial charge in [-0.1, -0.05) is 6.07 Å². The molecule has 166 valence electrons. The topological polar surface area (TPSA) is 90.4 Å². The van der Waals surface area contributed by atoms with Crippen molar-refractivity contribution in [3.8, 4) is 11.8 Å². The quantitative estimate of drug-likeness (QED) is 0.456. The number of ether oxygens (including phenoxy) is 2. The van der Waals surface area contributed by atoms with Crippen LogP contribution in [0.5, 0.6) is 11.8 Å². The number of sulfonamides is 1. The van der Waals surface area contributed by atoms with Crippen molar-refractivity contribution in [2.45, 2.75) is 22.1 Å². The number of hydrogen-bond donors (Lipinski definition) is 1. The van der Waals surface area contributed by atoms with E-state index in [1.54, 1.807) is 12.3 Å². The van der Waals surface area contributed by atoms with Gasteiger partial charge in [0, 0.05) is 10.6 Å². The number of rotatable bonds is 8. The highest BCUT2D eigenvalue weighted by molar-refractivity contribution is 7.98. The van der Waals surface area contributed by atoms with E-state index in [1.165, 1.54) is 30.0 Å². The van der Waals surface area contributed by atoms with Crippen LogP contribution >= 0.6 is 11.8 Å². The molecule has 0 radical (unpaired) electrons. The molecule has 7 nitrogen and oxygen atoms in total. The van der Waals surface area contributed by atoms with E-state index >= 15 is 0 Å². The molecule has 0 aliphatic carbocycles. The van der Waals surface area contributed by atoms with Gasteiger partial charge in [0.25, 0.3) is 10.0 Å². The monoisotopic (exact) mass is 477 g/mol. The van der Waals surface area contributed by atoms with Crippen molar-refractivity contribution in [2.24, 2.45) is 0 Å². The van der Waals surface area contributed by atoms with Gasteiger partial charge < -0.3 is 9.47 Å². The molecule has 1 heterocycles. The Morgan fingerprint density at radius 3 is 2.00 bits per heavy atom. The van der Waals surface area contributed by atoms with Crippen molar-refractivity contribution in [1.29, 1.82) is 0 Å². The SMILES string of the molecule is CSc1cccc(NS(=O)(=O)c2c(OCC(F)(F)F)ncnc2OCC(F)(F)F)c1. The lowest BCUT2D eigenvalue weighted by Gasteiger charge is -2.17. The lowest BCUT2D eigenvalue weighted by molar-refractivity contribution is -0.155. The highest BCUT2D eigenvalue weighted by atomic mass is 32.2. The second kappa shape index (κ2) is 9.16. The highest BCUT2D eigenvalue weighted by Crippen LogP contribution is 2.33.